The highest BCUT2D eigenvalue weighted by Gasteiger charge is 2.18. The molecule has 0 heterocycles. The standard InChI is InChI=1S/C14H10Br2Cl2O/c1-7-4-12(16)10(6-11(7)15)14(19)9-3-2-8(17)5-13(9)18/h2-6,14,19H,1H3. The highest BCUT2D eigenvalue weighted by Crippen LogP contribution is 2.36. The predicted molar refractivity (Wildman–Crippen MR) is 87.1 cm³/mol. The first-order chi connectivity index (χ1) is 8.90. The summed E-state index contributed by atoms with van der Waals surface area (Å²) < 4.78 is 1.78. The van der Waals surface area contributed by atoms with E-state index in [1.165, 1.54) is 0 Å². The van der Waals surface area contributed by atoms with Crippen molar-refractivity contribution in [3.8, 4) is 0 Å². The van der Waals surface area contributed by atoms with Crippen LogP contribution in [0.5, 0.6) is 0 Å². The van der Waals surface area contributed by atoms with Crippen LogP contribution in [0.1, 0.15) is 22.8 Å². The second-order valence-electron chi connectivity index (χ2n) is 4.19. The third-order valence-corrected chi connectivity index (χ3v) is 4.93. The van der Waals surface area contributed by atoms with E-state index < -0.39 is 6.10 Å². The first-order valence-corrected chi connectivity index (χ1v) is 7.83. The van der Waals surface area contributed by atoms with E-state index in [0.717, 1.165) is 20.1 Å². The lowest BCUT2D eigenvalue weighted by Gasteiger charge is -2.16. The van der Waals surface area contributed by atoms with Crippen molar-refractivity contribution in [1.29, 1.82) is 0 Å². The molecule has 100 valence electrons. The molecule has 0 radical (unpaired) electrons. The zero-order chi connectivity index (χ0) is 14.2. The van der Waals surface area contributed by atoms with Gasteiger partial charge in [-0.1, -0.05) is 61.1 Å². The second-order valence-corrected chi connectivity index (χ2v) is 6.74. The number of hydrogen-bond acceptors (Lipinski definition) is 1. The van der Waals surface area contributed by atoms with Gasteiger partial charge in [-0.2, -0.15) is 0 Å². The maximum atomic E-state index is 10.5. The first kappa shape index (κ1) is 15.3. The molecule has 1 atom stereocenters. The number of aliphatic hydroxyl groups excluding tert-OH is 1. The molecular weight excluding hydrogens is 415 g/mol. The highest BCUT2D eigenvalue weighted by atomic mass is 79.9. The topological polar surface area (TPSA) is 20.2 Å². The lowest BCUT2D eigenvalue weighted by molar-refractivity contribution is 0.219. The minimum Gasteiger partial charge on any atom is -0.384 e. The molecule has 0 aliphatic heterocycles. The third kappa shape index (κ3) is 3.34. The Morgan fingerprint density at radius 1 is 1.00 bits per heavy atom. The van der Waals surface area contributed by atoms with Gasteiger partial charge in [0.2, 0.25) is 0 Å². The van der Waals surface area contributed by atoms with Crippen LogP contribution in [0.25, 0.3) is 0 Å². The maximum absolute atomic E-state index is 10.5. The molecule has 0 aromatic heterocycles. The van der Waals surface area contributed by atoms with Crippen molar-refractivity contribution in [2.75, 3.05) is 0 Å². The number of benzene rings is 2. The largest absolute Gasteiger partial charge is 0.384 e. The van der Waals surface area contributed by atoms with Crippen LogP contribution >= 0.6 is 55.1 Å². The highest BCUT2D eigenvalue weighted by molar-refractivity contribution is 9.11. The molecule has 0 aliphatic carbocycles. The van der Waals surface area contributed by atoms with Crippen LogP contribution in [0.15, 0.2) is 39.3 Å². The van der Waals surface area contributed by atoms with Gasteiger partial charge < -0.3 is 5.11 Å². The summed E-state index contributed by atoms with van der Waals surface area (Å²) >= 11 is 18.9. The molecule has 0 aliphatic rings. The second kappa shape index (κ2) is 6.15. The molecule has 1 unspecified atom stereocenters. The lowest BCUT2D eigenvalue weighted by Crippen LogP contribution is -2.02. The van der Waals surface area contributed by atoms with Gasteiger partial charge in [0.15, 0.2) is 0 Å². The van der Waals surface area contributed by atoms with Crippen molar-refractivity contribution >= 4 is 55.1 Å². The van der Waals surface area contributed by atoms with Gasteiger partial charge in [0.1, 0.15) is 6.10 Å². The summed E-state index contributed by atoms with van der Waals surface area (Å²) in [4.78, 5) is 0. The average Bonchev–Trinajstić information content (AvgIpc) is 2.33. The van der Waals surface area contributed by atoms with Crippen molar-refractivity contribution in [2.24, 2.45) is 0 Å². The van der Waals surface area contributed by atoms with Crippen molar-refractivity contribution in [2.45, 2.75) is 13.0 Å². The molecule has 0 amide bonds. The van der Waals surface area contributed by atoms with Gasteiger partial charge in [0.05, 0.1) is 0 Å². The van der Waals surface area contributed by atoms with Crippen molar-refractivity contribution in [1.82, 2.24) is 0 Å². The maximum Gasteiger partial charge on any atom is 0.107 e. The van der Waals surface area contributed by atoms with Gasteiger partial charge in [-0.15, -0.1) is 0 Å². The van der Waals surface area contributed by atoms with Crippen LogP contribution in [0, 0.1) is 6.92 Å². The van der Waals surface area contributed by atoms with E-state index in [9.17, 15) is 5.11 Å². The minimum absolute atomic E-state index is 0.448. The molecule has 0 saturated carbocycles. The number of rotatable bonds is 2. The van der Waals surface area contributed by atoms with Gasteiger partial charge in [-0.05, 0) is 36.8 Å². The van der Waals surface area contributed by atoms with E-state index in [4.69, 9.17) is 23.2 Å². The van der Waals surface area contributed by atoms with Gasteiger partial charge in [-0.3, -0.25) is 0 Å². The van der Waals surface area contributed by atoms with E-state index in [0.29, 0.717) is 15.6 Å². The Morgan fingerprint density at radius 2 is 1.68 bits per heavy atom. The average molecular weight is 425 g/mol. The number of aliphatic hydroxyl groups is 1. The summed E-state index contributed by atoms with van der Waals surface area (Å²) in [6.45, 7) is 1.99. The Balaban J connectivity index is 2.49. The van der Waals surface area contributed by atoms with Gasteiger partial charge in [0.25, 0.3) is 0 Å². The van der Waals surface area contributed by atoms with E-state index in [1.807, 2.05) is 19.1 Å². The van der Waals surface area contributed by atoms with E-state index in [-0.39, 0.29) is 0 Å². The molecule has 2 rings (SSSR count). The van der Waals surface area contributed by atoms with Crippen molar-refractivity contribution < 1.29 is 5.11 Å². The summed E-state index contributed by atoms with van der Waals surface area (Å²) in [6.07, 6.45) is -0.809. The number of halogens is 4. The molecule has 0 spiro atoms. The van der Waals surface area contributed by atoms with Crippen LogP contribution in [-0.2, 0) is 0 Å². The fraction of sp³-hybridized carbons (Fsp3) is 0.143. The fourth-order valence-corrected chi connectivity index (χ4v) is 3.31. The Bertz CT molecular complexity index is 629. The predicted octanol–water partition coefficient (Wildman–Crippen LogP) is 5.91. The SMILES string of the molecule is Cc1cc(Br)c(C(O)c2ccc(Cl)cc2Cl)cc1Br. The van der Waals surface area contributed by atoms with Gasteiger partial charge in [0, 0.05) is 30.1 Å². The fourth-order valence-electron chi connectivity index (χ4n) is 1.76. The molecule has 2 aromatic carbocycles. The summed E-state index contributed by atoms with van der Waals surface area (Å²) in [5.41, 5.74) is 2.47. The summed E-state index contributed by atoms with van der Waals surface area (Å²) in [7, 11) is 0. The van der Waals surface area contributed by atoms with E-state index in [1.54, 1.807) is 18.2 Å². The monoisotopic (exact) mass is 422 g/mol. The lowest BCUT2D eigenvalue weighted by atomic mass is 10.0. The van der Waals surface area contributed by atoms with E-state index in [2.05, 4.69) is 31.9 Å². The number of aryl methyl sites for hydroxylation is 1. The molecule has 1 N–H and O–H groups in total. The smallest absolute Gasteiger partial charge is 0.107 e. The zero-order valence-electron chi connectivity index (χ0n) is 9.92. The molecule has 5 heteroatoms. The molecular formula is C14H10Br2Cl2O. The summed E-state index contributed by atoms with van der Waals surface area (Å²) in [6, 6.07) is 8.90. The first-order valence-electron chi connectivity index (χ1n) is 5.48. The molecule has 0 bridgehead atoms. The van der Waals surface area contributed by atoms with Crippen LogP contribution in [-0.4, -0.2) is 5.11 Å². The van der Waals surface area contributed by atoms with E-state index >= 15 is 0 Å². The third-order valence-electron chi connectivity index (χ3n) is 2.83. The molecule has 2 aromatic rings. The molecule has 19 heavy (non-hydrogen) atoms. The Labute approximate surface area is 138 Å². The van der Waals surface area contributed by atoms with Gasteiger partial charge >= 0.3 is 0 Å². The Kier molecular flexibility index (Phi) is 4.96. The minimum atomic E-state index is -0.809. The molecule has 0 saturated heterocycles. The van der Waals surface area contributed by atoms with Crippen molar-refractivity contribution in [3.63, 3.8) is 0 Å². The quantitative estimate of drug-likeness (QED) is 0.635. The zero-order valence-corrected chi connectivity index (χ0v) is 14.6. The van der Waals surface area contributed by atoms with Crippen molar-refractivity contribution in [3.05, 3.63) is 66.0 Å². The van der Waals surface area contributed by atoms with Crippen LogP contribution in [0.2, 0.25) is 10.0 Å². The summed E-state index contributed by atoms with van der Waals surface area (Å²) in [5.74, 6) is 0. The van der Waals surface area contributed by atoms with Crippen LogP contribution in [0.4, 0.5) is 0 Å². The Hall–Kier alpha value is -0.0600. The molecule has 0 fully saturated rings. The Morgan fingerprint density at radius 3 is 2.32 bits per heavy atom. The van der Waals surface area contributed by atoms with Crippen LogP contribution < -0.4 is 0 Å². The summed E-state index contributed by atoms with van der Waals surface area (Å²) in [5, 5.41) is 11.5. The number of hydrogen-bond donors (Lipinski definition) is 1. The van der Waals surface area contributed by atoms with Gasteiger partial charge in [-0.25, -0.2) is 0 Å². The molecule has 1 nitrogen and oxygen atoms in total. The van der Waals surface area contributed by atoms with Crippen LogP contribution in [0.3, 0.4) is 0 Å². The normalized spacial score (nSPS) is 12.5.